The molecule has 0 radical (unpaired) electrons. The van der Waals surface area contributed by atoms with Crippen LogP contribution >= 0.6 is 0 Å². The lowest BCUT2D eigenvalue weighted by Crippen LogP contribution is -2.39. The van der Waals surface area contributed by atoms with Crippen molar-refractivity contribution in [3.63, 3.8) is 0 Å². The van der Waals surface area contributed by atoms with Gasteiger partial charge >= 0.3 is 0 Å². The first-order chi connectivity index (χ1) is 12.1. The number of amides is 2. The predicted octanol–water partition coefficient (Wildman–Crippen LogP) is 0.855. The van der Waals surface area contributed by atoms with Crippen LogP contribution in [-0.2, 0) is 6.54 Å². The summed E-state index contributed by atoms with van der Waals surface area (Å²) in [4.78, 5) is 26.1. The third kappa shape index (κ3) is 2.86. The second-order valence-corrected chi connectivity index (χ2v) is 6.38. The van der Waals surface area contributed by atoms with Gasteiger partial charge in [-0.25, -0.2) is 4.68 Å². The van der Waals surface area contributed by atoms with E-state index in [0.29, 0.717) is 24.7 Å². The number of H-pyrrole nitrogens is 1. The van der Waals surface area contributed by atoms with E-state index in [4.69, 9.17) is 10.5 Å². The number of carbonyl (C=O) groups is 2. The Morgan fingerprint density at radius 2 is 2.08 bits per heavy atom. The molecule has 0 saturated carbocycles. The van der Waals surface area contributed by atoms with Gasteiger partial charge in [0.2, 0.25) is 5.88 Å². The molecule has 1 atom stereocenters. The van der Waals surface area contributed by atoms with E-state index >= 15 is 0 Å². The Hall–Kier alpha value is -2.84. The van der Waals surface area contributed by atoms with E-state index in [1.54, 1.807) is 21.7 Å². The number of hydrogen-bond donors (Lipinski definition) is 2. The largest absolute Gasteiger partial charge is 0.478 e. The number of aryl methyl sites for hydroxylation is 1. The Kier molecular flexibility index (Phi) is 3.90. The monoisotopic (exact) mass is 344 g/mol. The zero-order valence-corrected chi connectivity index (χ0v) is 13.8. The van der Waals surface area contributed by atoms with Crippen LogP contribution in [-0.4, -0.2) is 49.8 Å². The summed E-state index contributed by atoms with van der Waals surface area (Å²) in [6.45, 7) is 2.04. The van der Waals surface area contributed by atoms with Crippen LogP contribution in [0.4, 0.5) is 0 Å². The summed E-state index contributed by atoms with van der Waals surface area (Å²) in [6, 6.07) is 3.16. The highest BCUT2D eigenvalue weighted by atomic mass is 16.5. The maximum absolute atomic E-state index is 13.0. The standard InChI is InChI=1S/C16H20N6O3/c17-15(23)11-8-10(18-19-11)13-4-1-2-5-21(13)16(24)12-9-14-22(20-12)6-3-7-25-14/h8-9,13H,1-7H2,(H2,17,23)(H,18,19). The molecule has 2 aromatic rings. The van der Waals surface area contributed by atoms with Crippen LogP contribution in [0.15, 0.2) is 12.1 Å². The number of hydrogen-bond acceptors (Lipinski definition) is 5. The van der Waals surface area contributed by atoms with Crippen LogP contribution in [0.5, 0.6) is 5.88 Å². The summed E-state index contributed by atoms with van der Waals surface area (Å²) in [5.41, 5.74) is 6.56. The molecular formula is C16H20N6O3. The Balaban J connectivity index is 1.60. The summed E-state index contributed by atoms with van der Waals surface area (Å²) >= 11 is 0. The summed E-state index contributed by atoms with van der Waals surface area (Å²) in [6.07, 6.45) is 3.63. The molecule has 1 saturated heterocycles. The van der Waals surface area contributed by atoms with E-state index in [2.05, 4.69) is 15.3 Å². The number of rotatable bonds is 3. The molecule has 9 nitrogen and oxygen atoms in total. The average Bonchev–Trinajstić information content (AvgIpc) is 3.28. The van der Waals surface area contributed by atoms with Gasteiger partial charge in [-0.3, -0.25) is 14.7 Å². The highest BCUT2D eigenvalue weighted by Crippen LogP contribution is 2.32. The predicted molar refractivity (Wildman–Crippen MR) is 87.1 cm³/mol. The number of fused-ring (bicyclic) bond motifs is 1. The molecule has 4 rings (SSSR count). The summed E-state index contributed by atoms with van der Waals surface area (Å²) < 4.78 is 7.28. The van der Waals surface area contributed by atoms with E-state index in [0.717, 1.165) is 37.9 Å². The first-order valence-electron chi connectivity index (χ1n) is 8.50. The molecule has 132 valence electrons. The van der Waals surface area contributed by atoms with Crippen molar-refractivity contribution in [2.75, 3.05) is 13.2 Å². The van der Waals surface area contributed by atoms with Crippen LogP contribution in [0.25, 0.3) is 0 Å². The molecule has 2 amide bonds. The van der Waals surface area contributed by atoms with Gasteiger partial charge < -0.3 is 15.4 Å². The van der Waals surface area contributed by atoms with Crippen LogP contribution in [0.2, 0.25) is 0 Å². The molecule has 1 unspecified atom stereocenters. The smallest absolute Gasteiger partial charge is 0.275 e. The molecule has 4 heterocycles. The lowest BCUT2D eigenvalue weighted by Gasteiger charge is -2.34. The average molecular weight is 344 g/mol. The number of primary amides is 1. The van der Waals surface area contributed by atoms with Crippen molar-refractivity contribution >= 4 is 11.8 Å². The lowest BCUT2D eigenvalue weighted by atomic mass is 9.98. The maximum Gasteiger partial charge on any atom is 0.275 e. The van der Waals surface area contributed by atoms with E-state index < -0.39 is 5.91 Å². The normalized spacial score (nSPS) is 20.0. The number of ether oxygens (including phenoxy) is 1. The van der Waals surface area contributed by atoms with E-state index in [1.807, 2.05) is 0 Å². The minimum atomic E-state index is -0.588. The number of nitrogens with zero attached hydrogens (tertiary/aromatic N) is 4. The summed E-state index contributed by atoms with van der Waals surface area (Å²) in [5.74, 6) is -0.0822. The first kappa shape index (κ1) is 15.7. The molecule has 2 aliphatic rings. The van der Waals surface area contributed by atoms with E-state index in [-0.39, 0.29) is 17.6 Å². The van der Waals surface area contributed by atoms with Crippen molar-refractivity contribution in [2.45, 2.75) is 38.3 Å². The van der Waals surface area contributed by atoms with Crippen molar-refractivity contribution in [1.82, 2.24) is 24.9 Å². The van der Waals surface area contributed by atoms with Gasteiger partial charge in [-0.1, -0.05) is 0 Å². The molecule has 3 N–H and O–H groups in total. The second-order valence-electron chi connectivity index (χ2n) is 6.38. The Labute approximate surface area is 144 Å². The number of carbonyl (C=O) groups excluding carboxylic acids is 2. The molecule has 9 heteroatoms. The number of piperidine rings is 1. The quantitative estimate of drug-likeness (QED) is 0.855. The lowest BCUT2D eigenvalue weighted by molar-refractivity contribution is 0.0599. The first-order valence-corrected chi connectivity index (χ1v) is 8.50. The molecule has 1 fully saturated rings. The summed E-state index contributed by atoms with van der Waals surface area (Å²) in [5, 5.41) is 11.2. The fourth-order valence-corrected chi connectivity index (χ4v) is 3.45. The van der Waals surface area contributed by atoms with Gasteiger partial charge in [0.25, 0.3) is 11.8 Å². The highest BCUT2D eigenvalue weighted by molar-refractivity contribution is 5.93. The van der Waals surface area contributed by atoms with E-state index in [9.17, 15) is 9.59 Å². The molecule has 0 spiro atoms. The van der Waals surface area contributed by atoms with Gasteiger partial charge in [0.1, 0.15) is 5.69 Å². The zero-order chi connectivity index (χ0) is 17.4. The number of nitrogens with one attached hydrogen (secondary N) is 1. The molecule has 2 aliphatic heterocycles. The number of nitrogens with two attached hydrogens (primary N) is 1. The third-order valence-corrected chi connectivity index (χ3v) is 4.70. The molecule has 25 heavy (non-hydrogen) atoms. The van der Waals surface area contributed by atoms with Gasteiger partial charge in [0.15, 0.2) is 5.69 Å². The van der Waals surface area contributed by atoms with Gasteiger partial charge in [-0.2, -0.15) is 10.2 Å². The number of aromatic amines is 1. The van der Waals surface area contributed by atoms with Crippen LogP contribution < -0.4 is 10.5 Å². The number of aromatic nitrogens is 4. The van der Waals surface area contributed by atoms with Crippen molar-refractivity contribution in [3.05, 3.63) is 29.2 Å². The minimum absolute atomic E-state index is 0.134. The molecule has 0 bridgehead atoms. The fourth-order valence-electron chi connectivity index (χ4n) is 3.45. The zero-order valence-electron chi connectivity index (χ0n) is 13.8. The maximum atomic E-state index is 13.0. The van der Waals surface area contributed by atoms with Crippen molar-refractivity contribution in [1.29, 1.82) is 0 Å². The van der Waals surface area contributed by atoms with Gasteiger partial charge in [-0.15, -0.1) is 0 Å². The van der Waals surface area contributed by atoms with Crippen molar-refractivity contribution in [3.8, 4) is 5.88 Å². The highest BCUT2D eigenvalue weighted by Gasteiger charge is 2.32. The topological polar surface area (TPSA) is 119 Å². The molecule has 2 aromatic heterocycles. The third-order valence-electron chi connectivity index (χ3n) is 4.70. The molecule has 0 aromatic carbocycles. The van der Waals surface area contributed by atoms with E-state index in [1.165, 1.54) is 0 Å². The van der Waals surface area contributed by atoms with Gasteiger partial charge in [0, 0.05) is 25.6 Å². The molecule has 0 aliphatic carbocycles. The van der Waals surface area contributed by atoms with Crippen molar-refractivity contribution < 1.29 is 14.3 Å². The van der Waals surface area contributed by atoms with Crippen LogP contribution in [0.3, 0.4) is 0 Å². The summed E-state index contributed by atoms with van der Waals surface area (Å²) in [7, 11) is 0. The fraction of sp³-hybridized carbons (Fsp3) is 0.500. The Bertz CT molecular complexity index is 787. The van der Waals surface area contributed by atoms with Crippen molar-refractivity contribution in [2.24, 2.45) is 5.73 Å². The second kappa shape index (κ2) is 6.23. The SMILES string of the molecule is NC(=O)c1cc(C2CCCCN2C(=O)c2cc3n(n2)CCCO3)[nH]n1. The van der Waals surface area contributed by atoms with Gasteiger partial charge in [0.05, 0.1) is 18.3 Å². The van der Waals surface area contributed by atoms with Gasteiger partial charge in [-0.05, 0) is 25.3 Å². The number of likely N-dealkylation sites (tertiary alicyclic amines) is 1. The minimum Gasteiger partial charge on any atom is -0.478 e. The Morgan fingerprint density at radius 1 is 1.20 bits per heavy atom. The molecular weight excluding hydrogens is 324 g/mol. The van der Waals surface area contributed by atoms with Crippen LogP contribution in [0.1, 0.15) is 58.4 Å². The van der Waals surface area contributed by atoms with Crippen LogP contribution in [0, 0.1) is 0 Å². The Morgan fingerprint density at radius 3 is 2.84 bits per heavy atom.